The van der Waals surface area contributed by atoms with Gasteiger partial charge in [0.05, 0.1) is 9.73 Å². The molecule has 0 unspecified atom stereocenters. The van der Waals surface area contributed by atoms with Gasteiger partial charge in [-0.15, -0.1) is 0 Å². The van der Waals surface area contributed by atoms with Crippen LogP contribution in [0.1, 0.15) is 6.92 Å². The van der Waals surface area contributed by atoms with Crippen molar-refractivity contribution in [2.75, 3.05) is 5.75 Å². The first kappa shape index (κ1) is 13.8. The molecule has 0 aliphatic carbocycles. The van der Waals surface area contributed by atoms with Crippen molar-refractivity contribution in [3.63, 3.8) is 0 Å². The highest BCUT2D eigenvalue weighted by molar-refractivity contribution is 8.17. The molecule has 90 valence electrons. The topological polar surface area (TPSA) is 63.6 Å². The van der Waals surface area contributed by atoms with Gasteiger partial charge in [0.1, 0.15) is 0 Å². The lowest BCUT2D eigenvalue weighted by atomic mass is 10.4. The van der Waals surface area contributed by atoms with Gasteiger partial charge in [-0.05, 0) is 18.2 Å². The maximum Gasteiger partial charge on any atom is 0.347 e. The maximum atomic E-state index is 12.2. The van der Waals surface area contributed by atoms with Gasteiger partial charge in [0.25, 0.3) is 0 Å². The van der Waals surface area contributed by atoms with Crippen molar-refractivity contribution in [1.29, 1.82) is 0 Å². The number of rotatable bonds is 3. The maximum absolute atomic E-state index is 12.2. The number of hydrogen-bond donors (Lipinski definition) is 0. The van der Waals surface area contributed by atoms with Gasteiger partial charge in [0.2, 0.25) is 0 Å². The second-order valence-corrected chi connectivity index (χ2v) is 8.23. The van der Waals surface area contributed by atoms with Gasteiger partial charge in [0, 0.05) is 26.4 Å². The van der Waals surface area contributed by atoms with Gasteiger partial charge < -0.3 is 0 Å². The zero-order valence-corrected chi connectivity index (χ0v) is 11.4. The molecule has 0 spiro atoms. The van der Waals surface area contributed by atoms with Crippen molar-refractivity contribution in [2.24, 2.45) is 3.77 Å². The molecule has 1 aromatic carbocycles. The second kappa shape index (κ2) is 4.91. The normalized spacial score (nSPS) is 15.4. The van der Waals surface area contributed by atoms with E-state index in [1.807, 2.05) is 0 Å². The Morgan fingerprint density at radius 2 is 1.94 bits per heavy atom. The van der Waals surface area contributed by atoms with E-state index in [9.17, 15) is 12.6 Å². The molecule has 0 N–H and O–H groups in total. The number of benzene rings is 1. The van der Waals surface area contributed by atoms with Crippen LogP contribution in [0, 0.1) is 0 Å². The van der Waals surface area contributed by atoms with E-state index in [1.54, 1.807) is 19.1 Å². The molecular weight excluding hydrogens is 293 g/mol. The molecule has 0 heterocycles. The summed E-state index contributed by atoms with van der Waals surface area (Å²) in [6.45, 7) is 1.56. The quantitative estimate of drug-likeness (QED) is 0.806. The molecule has 1 atom stereocenters. The Kier molecular flexibility index (Phi) is 4.23. The van der Waals surface area contributed by atoms with Crippen LogP contribution in [0.25, 0.3) is 0 Å². The average molecular weight is 302 g/mol. The first-order valence-corrected chi connectivity index (χ1v) is 8.56. The summed E-state index contributed by atoms with van der Waals surface area (Å²) in [5, 5.41) is 0.362. The smallest absolute Gasteiger partial charge is 0.244 e. The zero-order valence-electron chi connectivity index (χ0n) is 8.26. The minimum Gasteiger partial charge on any atom is -0.244 e. The molecule has 8 heteroatoms. The van der Waals surface area contributed by atoms with E-state index in [4.69, 9.17) is 22.3 Å². The lowest BCUT2D eigenvalue weighted by Crippen LogP contribution is -2.05. The van der Waals surface area contributed by atoms with Gasteiger partial charge in [-0.3, -0.25) is 0 Å². The molecule has 4 nitrogen and oxygen atoms in total. The lowest BCUT2D eigenvalue weighted by molar-refractivity contribution is 0.611. The Hall–Kier alpha value is -0.300. The summed E-state index contributed by atoms with van der Waals surface area (Å²) >= 11 is 5.73. The Bertz CT molecular complexity index is 603. The highest BCUT2D eigenvalue weighted by Crippen LogP contribution is 2.20. The lowest BCUT2D eigenvalue weighted by Gasteiger charge is -2.06. The largest absolute Gasteiger partial charge is 0.347 e. The molecule has 0 fully saturated rings. The molecular formula is C8H9Cl2NO3S2. The third-order valence-corrected chi connectivity index (χ3v) is 5.96. The fraction of sp³-hybridized carbons (Fsp3) is 0.250. The number of halogens is 2. The molecule has 0 saturated heterocycles. The van der Waals surface area contributed by atoms with Crippen LogP contribution in [-0.2, 0) is 19.0 Å². The summed E-state index contributed by atoms with van der Waals surface area (Å²) in [6.07, 6.45) is 0. The number of nitrogens with zero attached hydrogens (tertiary/aromatic N) is 1. The van der Waals surface area contributed by atoms with Crippen LogP contribution < -0.4 is 0 Å². The minimum atomic E-state index is -4.18. The molecule has 16 heavy (non-hydrogen) atoms. The van der Waals surface area contributed by atoms with Crippen LogP contribution in [0.4, 0.5) is 0 Å². The SMILES string of the molecule is CC[S@@](=O)(=NS(=O)(=O)Cl)c1cccc(Cl)c1. The van der Waals surface area contributed by atoms with E-state index >= 15 is 0 Å². The molecule has 0 saturated carbocycles. The molecule has 0 aliphatic rings. The van der Waals surface area contributed by atoms with E-state index < -0.39 is 19.0 Å². The zero-order chi connectivity index (χ0) is 12.4. The van der Waals surface area contributed by atoms with Gasteiger partial charge >= 0.3 is 9.24 Å². The standard InChI is InChI=1S/C8H9Cl2NO3S2/c1-2-15(12,11-16(10,13)14)8-5-3-4-7(9)6-8/h3-6H,2H2,1H3/t15-/m0/s1. The molecule has 0 amide bonds. The predicted octanol–water partition coefficient (Wildman–Crippen LogP) is 2.67. The molecule has 0 aromatic heterocycles. The fourth-order valence-electron chi connectivity index (χ4n) is 1.07. The minimum absolute atomic E-state index is 0.0410. The van der Waals surface area contributed by atoms with Crippen molar-refractivity contribution in [3.05, 3.63) is 29.3 Å². The summed E-state index contributed by atoms with van der Waals surface area (Å²) in [4.78, 5) is 0.256. The van der Waals surface area contributed by atoms with Crippen LogP contribution in [0.15, 0.2) is 32.9 Å². The van der Waals surface area contributed by atoms with Gasteiger partial charge in [-0.2, -0.15) is 8.42 Å². The van der Waals surface area contributed by atoms with Crippen molar-refractivity contribution >= 4 is 41.2 Å². The van der Waals surface area contributed by atoms with Gasteiger partial charge in [0.15, 0.2) is 0 Å². The first-order valence-electron chi connectivity index (χ1n) is 4.23. The third-order valence-electron chi connectivity index (χ3n) is 1.77. The Labute approximate surface area is 104 Å². The van der Waals surface area contributed by atoms with Crippen molar-refractivity contribution in [3.8, 4) is 0 Å². The average Bonchev–Trinajstić information content (AvgIpc) is 2.15. The molecule has 1 aromatic rings. The molecule has 0 radical (unpaired) electrons. The fourth-order valence-corrected chi connectivity index (χ4v) is 5.00. The van der Waals surface area contributed by atoms with E-state index in [0.29, 0.717) is 5.02 Å². The highest BCUT2D eigenvalue weighted by Gasteiger charge is 2.15. The Morgan fingerprint density at radius 3 is 2.38 bits per heavy atom. The number of hydrogen-bond acceptors (Lipinski definition) is 3. The Morgan fingerprint density at radius 1 is 1.31 bits per heavy atom. The van der Waals surface area contributed by atoms with Crippen molar-refractivity contribution in [1.82, 2.24) is 0 Å². The monoisotopic (exact) mass is 301 g/mol. The van der Waals surface area contributed by atoms with Crippen molar-refractivity contribution < 1.29 is 12.6 Å². The molecule has 0 bridgehead atoms. The van der Waals surface area contributed by atoms with Crippen LogP contribution in [0.2, 0.25) is 5.02 Å². The van der Waals surface area contributed by atoms with Crippen LogP contribution >= 0.6 is 22.3 Å². The summed E-state index contributed by atoms with van der Waals surface area (Å²) < 4.78 is 37.1. The van der Waals surface area contributed by atoms with Crippen LogP contribution in [-0.4, -0.2) is 18.4 Å². The van der Waals surface area contributed by atoms with Gasteiger partial charge in [-0.25, -0.2) is 4.21 Å². The van der Waals surface area contributed by atoms with Crippen molar-refractivity contribution in [2.45, 2.75) is 11.8 Å². The van der Waals surface area contributed by atoms with Gasteiger partial charge in [-0.1, -0.05) is 28.4 Å². The van der Waals surface area contributed by atoms with E-state index in [-0.39, 0.29) is 10.6 Å². The second-order valence-electron chi connectivity index (χ2n) is 2.87. The summed E-state index contributed by atoms with van der Waals surface area (Å²) in [6, 6.07) is 6.08. The van der Waals surface area contributed by atoms with Crippen LogP contribution in [0.5, 0.6) is 0 Å². The Balaban J connectivity index is 3.50. The van der Waals surface area contributed by atoms with E-state index in [2.05, 4.69) is 3.77 Å². The van der Waals surface area contributed by atoms with Crippen LogP contribution in [0.3, 0.4) is 0 Å². The summed E-state index contributed by atoms with van der Waals surface area (Å²) in [7, 11) is -2.26. The predicted molar refractivity (Wildman–Crippen MR) is 65.6 cm³/mol. The highest BCUT2D eigenvalue weighted by atomic mass is 35.7. The van der Waals surface area contributed by atoms with E-state index in [1.165, 1.54) is 12.1 Å². The molecule has 0 aliphatic heterocycles. The van der Waals surface area contributed by atoms with E-state index in [0.717, 1.165) is 0 Å². The first-order chi connectivity index (χ1) is 7.27. The third kappa shape index (κ3) is 3.62. The summed E-state index contributed by atoms with van der Waals surface area (Å²) in [5.41, 5.74) is 0. The summed E-state index contributed by atoms with van der Waals surface area (Å²) in [5.74, 6) is 0.0410. The molecule has 1 rings (SSSR count).